The molecule has 0 heterocycles. The van der Waals surface area contributed by atoms with Crippen LogP contribution in [0, 0.1) is 0 Å². The van der Waals surface area contributed by atoms with E-state index in [1.54, 1.807) is 30.8 Å². The van der Waals surface area contributed by atoms with Gasteiger partial charge in [-0.05, 0) is 37.4 Å². The van der Waals surface area contributed by atoms with E-state index in [1.165, 1.54) is 0 Å². The summed E-state index contributed by atoms with van der Waals surface area (Å²) in [6, 6.07) is 6.98. The summed E-state index contributed by atoms with van der Waals surface area (Å²) >= 11 is 1.59. The molecule has 1 aromatic rings. The third-order valence-corrected chi connectivity index (χ3v) is 2.79. The van der Waals surface area contributed by atoms with Gasteiger partial charge in [-0.15, -0.1) is 11.8 Å². The molecule has 1 aromatic carbocycles. The number of ether oxygens (including phenoxy) is 2. The maximum atomic E-state index is 11.5. The average Bonchev–Trinajstić information content (AvgIpc) is 2.39. The van der Waals surface area contributed by atoms with Gasteiger partial charge in [0.1, 0.15) is 11.4 Å². The van der Waals surface area contributed by atoms with E-state index in [-0.39, 0.29) is 12.3 Å². The molecule has 0 atom stereocenters. The Morgan fingerprint density at radius 2 is 1.95 bits per heavy atom. The Balaban J connectivity index is 2.50. The monoisotopic (exact) mass is 281 g/mol. The molecule has 0 aliphatic rings. The van der Waals surface area contributed by atoms with Gasteiger partial charge in [0.05, 0.1) is 6.61 Å². The number of amides is 1. The fraction of sp³-hybridized carbons (Fsp3) is 0.231. The van der Waals surface area contributed by atoms with Crippen molar-refractivity contribution in [2.45, 2.75) is 11.8 Å². The van der Waals surface area contributed by atoms with Crippen LogP contribution in [0.1, 0.15) is 6.92 Å². The van der Waals surface area contributed by atoms with E-state index in [9.17, 15) is 9.59 Å². The first kappa shape index (κ1) is 15.1. The normalized spacial score (nSPS) is 9.58. The summed E-state index contributed by atoms with van der Waals surface area (Å²) in [4.78, 5) is 23.8. The molecule has 1 amide bonds. The molecule has 0 aliphatic heterocycles. The van der Waals surface area contributed by atoms with Gasteiger partial charge in [0.15, 0.2) is 0 Å². The molecule has 0 spiro atoms. The van der Waals surface area contributed by atoms with Crippen molar-refractivity contribution in [3.63, 3.8) is 0 Å². The van der Waals surface area contributed by atoms with Gasteiger partial charge in [-0.3, -0.25) is 5.32 Å². The minimum atomic E-state index is -0.782. The summed E-state index contributed by atoms with van der Waals surface area (Å²) in [5.74, 6) is -0.302. The Hall–Kier alpha value is -1.95. The summed E-state index contributed by atoms with van der Waals surface area (Å²) in [7, 11) is 0. The number of carbonyl (C=O) groups is 2. The van der Waals surface area contributed by atoms with Gasteiger partial charge in [0.2, 0.25) is 0 Å². The molecule has 0 unspecified atom stereocenters. The summed E-state index contributed by atoms with van der Waals surface area (Å²) in [5, 5.41) is 2.21. The Morgan fingerprint density at radius 1 is 1.32 bits per heavy atom. The lowest BCUT2D eigenvalue weighted by atomic mass is 10.3. The molecule has 0 aliphatic carbocycles. The minimum absolute atomic E-state index is 0.160. The van der Waals surface area contributed by atoms with Crippen LogP contribution in [0.15, 0.2) is 41.4 Å². The van der Waals surface area contributed by atoms with Gasteiger partial charge in [0.25, 0.3) is 0 Å². The number of hydrogen-bond acceptors (Lipinski definition) is 5. The molecule has 0 bridgehead atoms. The van der Waals surface area contributed by atoms with Crippen molar-refractivity contribution < 1.29 is 19.1 Å². The van der Waals surface area contributed by atoms with E-state index in [0.717, 1.165) is 4.90 Å². The van der Waals surface area contributed by atoms with Crippen molar-refractivity contribution in [3.8, 4) is 5.75 Å². The number of carbonyl (C=O) groups excluding carboxylic acids is 2. The molecule has 6 heteroatoms. The van der Waals surface area contributed by atoms with Crippen LogP contribution in [0.4, 0.5) is 4.79 Å². The van der Waals surface area contributed by atoms with E-state index in [1.807, 2.05) is 18.4 Å². The Kier molecular flexibility index (Phi) is 5.95. The Morgan fingerprint density at radius 3 is 2.47 bits per heavy atom. The fourth-order valence-corrected chi connectivity index (χ4v) is 1.58. The predicted octanol–water partition coefficient (Wildman–Crippen LogP) is 2.57. The number of nitrogens with one attached hydrogen (secondary N) is 1. The maximum Gasteiger partial charge on any atom is 0.417 e. The van der Waals surface area contributed by atoms with Gasteiger partial charge in [-0.2, -0.15) is 0 Å². The molecule has 0 aromatic heterocycles. The van der Waals surface area contributed by atoms with Gasteiger partial charge in [-0.1, -0.05) is 6.58 Å². The van der Waals surface area contributed by atoms with Crippen LogP contribution in [0.3, 0.4) is 0 Å². The highest BCUT2D eigenvalue weighted by molar-refractivity contribution is 7.98. The third-order valence-electron chi connectivity index (χ3n) is 2.04. The maximum absolute atomic E-state index is 11.5. The second-order valence-corrected chi connectivity index (χ2v) is 4.27. The molecule has 0 saturated heterocycles. The number of thioether (sulfide) groups is 1. The van der Waals surface area contributed by atoms with Crippen LogP contribution in [0.5, 0.6) is 5.75 Å². The molecule has 5 nitrogen and oxygen atoms in total. The largest absolute Gasteiger partial charge is 0.461 e. The molecule has 0 saturated carbocycles. The van der Waals surface area contributed by atoms with Crippen molar-refractivity contribution in [1.29, 1.82) is 0 Å². The molecule has 102 valence electrons. The lowest BCUT2D eigenvalue weighted by Crippen LogP contribution is -2.30. The number of hydrogen-bond donors (Lipinski definition) is 1. The Labute approximate surface area is 116 Å². The van der Waals surface area contributed by atoms with E-state index in [4.69, 9.17) is 4.74 Å². The summed E-state index contributed by atoms with van der Waals surface area (Å²) < 4.78 is 9.66. The highest BCUT2D eigenvalue weighted by Gasteiger charge is 2.12. The van der Waals surface area contributed by atoms with E-state index in [0.29, 0.717) is 5.75 Å². The number of benzene rings is 1. The smallest absolute Gasteiger partial charge is 0.417 e. The van der Waals surface area contributed by atoms with Crippen molar-refractivity contribution in [1.82, 2.24) is 5.32 Å². The average molecular weight is 281 g/mol. The standard InChI is InChI=1S/C13H15NO4S/c1-4-17-12(15)9(2)14-13(16)18-10-5-7-11(19-3)8-6-10/h5-8H,2,4H2,1,3H3,(H,14,16). The van der Waals surface area contributed by atoms with Crippen LogP contribution >= 0.6 is 11.8 Å². The molecule has 1 rings (SSSR count). The summed E-state index contributed by atoms with van der Waals surface area (Å²) in [6.45, 7) is 5.27. The molecule has 1 N–H and O–H groups in total. The van der Waals surface area contributed by atoms with Gasteiger partial charge >= 0.3 is 12.1 Å². The van der Waals surface area contributed by atoms with E-state index < -0.39 is 12.1 Å². The lowest BCUT2D eigenvalue weighted by molar-refractivity contribution is -0.138. The highest BCUT2D eigenvalue weighted by atomic mass is 32.2. The van der Waals surface area contributed by atoms with Crippen LogP contribution < -0.4 is 10.1 Å². The van der Waals surface area contributed by atoms with Crippen molar-refractivity contribution >= 4 is 23.8 Å². The van der Waals surface area contributed by atoms with Crippen LogP contribution in [0.25, 0.3) is 0 Å². The SMILES string of the molecule is C=C(NC(=O)Oc1ccc(SC)cc1)C(=O)OCC. The minimum Gasteiger partial charge on any atom is -0.461 e. The Bertz CT molecular complexity index is 470. The lowest BCUT2D eigenvalue weighted by Gasteiger charge is -2.08. The van der Waals surface area contributed by atoms with Crippen molar-refractivity contribution in [2.75, 3.05) is 12.9 Å². The second kappa shape index (κ2) is 7.48. The van der Waals surface area contributed by atoms with Crippen LogP contribution in [-0.2, 0) is 9.53 Å². The molecular formula is C13H15NO4S. The highest BCUT2D eigenvalue weighted by Crippen LogP contribution is 2.18. The molecular weight excluding hydrogens is 266 g/mol. The first-order valence-corrected chi connectivity index (χ1v) is 6.78. The predicted molar refractivity (Wildman–Crippen MR) is 73.2 cm³/mol. The number of rotatable bonds is 5. The molecule has 19 heavy (non-hydrogen) atoms. The van der Waals surface area contributed by atoms with Crippen molar-refractivity contribution in [2.24, 2.45) is 0 Å². The topological polar surface area (TPSA) is 64.6 Å². The molecule has 0 fully saturated rings. The number of esters is 1. The first-order chi connectivity index (χ1) is 9.06. The zero-order valence-electron chi connectivity index (χ0n) is 10.8. The second-order valence-electron chi connectivity index (χ2n) is 3.39. The summed E-state index contributed by atoms with van der Waals surface area (Å²) in [5.41, 5.74) is -0.160. The molecule has 0 radical (unpaired) electrons. The van der Waals surface area contributed by atoms with Crippen molar-refractivity contribution in [3.05, 3.63) is 36.5 Å². The van der Waals surface area contributed by atoms with Crippen LogP contribution in [0.2, 0.25) is 0 Å². The quantitative estimate of drug-likeness (QED) is 0.510. The fourth-order valence-electron chi connectivity index (χ4n) is 1.17. The zero-order chi connectivity index (χ0) is 14.3. The van der Waals surface area contributed by atoms with E-state index in [2.05, 4.69) is 16.6 Å². The van der Waals surface area contributed by atoms with Gasteiger partial charge in [0, 0.05) is 4.90 Å². The zero-order valence-corrected chi connectivity index (χ0v) is 11.6. The summed E-state index contributed by atoms with van der Waals surface area (Å²) in [6.07, 6.45) is 1.17. The van der Waals surface area contributed by atoms with E-state index >= 15 is 0 Å². The first-order valence-electron chi connectivity index (χ1n) is 5.55. The van der Waals surface area contributed by atoms with Crippen LogP contribution in [-0.4, -0.2) is 24.9 Å². The van der Waals surface area contributed by atoms with Gasteiger partial charge < -0.3 is 9.47 Å². The third kappa shape index (κ3) is 5.05. The van der Waals surface area contributed by atoms with Gasteiger partial charge in [-0.25, -0.2) is 9.59 Å².